The Kier molecular flexibility index (Phi) is 5.44. The fourth-order valence-corrected chi connectivity index (χ4v) is 1.72. The average molecular weight is 258 g/mol. The van der Waals surface area contributed by atoms with Crippen LogP contribution in [0.3, 0.4) is 0 Å². The predicted octanol–water partition coefficient (Wildman–Crippen LogP) is 1.49. The molecule has 0 spiro atoms. The highest BCUT2D eigenvalue weighted by Crippen LogP contribution is 2.23. The van der Waals surface area contributed by atoms with Crippen molar-refractivity contribution in [1.29, 1.82) is 0 Å². The van der Waals surface area contributed by atoms with E-state index in [0.29, 0.717) is 5.02 Å². The molecule has 2 N–H and O–H groups in total. The molecule has 0 aliphatic rings. The Labute approximate surface area is 108 Å². The number of hydrogen-bond acceptors (Lipinski definition) is 5. The van der Waals surface area contributed by atoms with Gasteiger partial charge in [-0.25, -0.2) is 4.98 Å². The van der Waals surface area contributed by atoms with Gasteiger partial charge in [-0.2, -0.15) is 4.98 Å². The van der Waals surface area contributed by atoms with Crippen molar-refractivity contribution in [2.45, 2.75) is 13.3 Å². The second kappa shape index (κ2) is 6.61. The zero-order valence-corrected chi connectivity index (χ0v) is 11.4. The van der Waals surface area contributed by atoms with Crippen molar-refractivity contribution >= 4 is 23.4 Å². The summed E-state index contributed by atoms with van der Waals surface area (Å²) in [4.78, 5) is 12.4. The second-order valence-corrected chi connectivity index (χ2v) is 4.60. The van der Waals surface area contributed by atoms with Gasteiger partial charge in [0.25, 0.3) is 0 Å². The van der Waals surface area contributed by atoms with E-state index in [0.717, 1.165) is 31.9 Å². The molecular weight excluding hydrogens is 238 g/mol. The van der Waals surface area contributed by atoms with Crippen LogP contribution in [0.5, 0.6) is 0 Å². The molecule has 1 rings (SSSR count). The van der Waals surface area contributed by atoms with Crippen molar-refractivity contribution in [2.24, 2.45) is 0 Å². The van der Waals surface area contributed by atoms with E-state index in [1.165, 1.54) is 0 Å². The van der Waals surface area contributed by atoms with Crippen molar-refractivity contribution in [3.05, 3.63) is 11.2 Å². The van der Waals surface area contributed by atoms with Crippen LogP contribution >= 0.6 is 11.6 Å². The minimum absolute atomic E-state index is 0.260. The maximum atomic E-state index is 6.11. The fourth-order valence-electron chi connectivity index (χ4n) is 1.51. The molecule has 1 aromatic rings. The van der Waals surface area contributed by atoms with Crippen LogP contribution in [-0.2, 0) is 0 Å². The number of hydrogen-bond donors (Lipinski definition) is 1. The van der Waals surface area contributed by atoms with Gasteiger partial charge in [0.2, 0.25) is 5.95 Å². The first-order valence-electron chi connectivity index (χ1n) is 5.72. The molecule has 0 aliphatic carbocycles. The summed E-state index contributed by atoms with van der Waals surface area (Å²) >= 11 is 6.11. The monoisotopic (exact) mass is 257 g/mol. The Bertz CT molecular complexity index is 356. The normalized spacial score (nSPS) is 10.9. The lowest BCUT2D eigenvalue weighted by Crippen LogP contribution is -2.33. The van der Waals surface area contributed by atoms with Crippen molar-refractivity contribution in [2.75, 3.05) is 44.4 Å². The third-order valence-corrected chi connectivity index (χ3v) is 2.62. The van der Waals surface area contributed by atoms with E-state index in [9.17, 15) is 0 Å². The molecule has 0 atom stereocenters. The first-order chi connectivity index (χ1) is 8.04. The van der Waals surface area contributed by atoms with Crippen LogP contribution in [0.4, 0.5) is 11.8 Å². The average Bonchev–Trinajstić information content (AvgIpc) is 2.27. The maximum absolute atomic E-state index is 6.11. The highest BCUT2D eigenvalue weighted by molar-refractivity contribution is 6.32. The number of rotatable bonds is 6. The van der Waals surface area contributed by atoms with Gasteiger partial charge in [0.15, 0.2) is 5.82 Å². The third-order valence-electron chi connectivity index (χ3n) is 2.35. The Morgan fingerprint density at radius 3 is 2.59 bits per heavy atom. The summed E-state index contributed by atoms with van der Waals surface area (Å²) < 4.78 is 0. The summed E-state index contributed by atoms with van der Waals surface area (Å²) in [6.07, 6.45) is 2.59. The molecule has 0 radical (unpaired) electrons. The highest BCUT2D eigenvalue weighted by atomic mass is 35.5. The molecule has 17 heavy (non-hydrogen) atoms. The summed E-state index contributed by atoms with van der Waals surface area (Å²) in [7, 11) is 4.08. The van der Waals surface area contributed by atoms with Gasteiger partial charge >= 0.3 is 0 Å². The van der Waals surface area contributed by atoms with E-state index in [-0.39, 0.29) is 5.95 Å². The fraction of sp³-hybridized carbons (Fsp3) is 0.636. The molecule has 0 unspecified atom stereocenters. The standard InChI is InChI=1S/C11H20ClN5/c1-4-5-17(7-6-16(2)3)10-9(12)8-14-11(13)15-10/h8H,4-7H2,1-3H3,(H2,13,14,15). The van der Waals surface area contributed by atoms with E-state index >= 15 is 0 Å². The van der Waals surface area contributed by atoms with Gasteiger partial charge in [-0.15, -0.1) is 0 Å². The molecule has 96 valence electrons. The lowest BCUT2D eigenvalue weighted by atomic mass is 10.3. The van der Waals surface area contributed by atoms with Crippen molar-refractivity contribution in [3.63, 3.8) is 0 Å². The van der Waals surface area contributed by atoms with Crippen LogP contribution in [-0.4, -0.2) is 48.6 Å². The Hall–Kier alpha value is -1.07. The molecule has 1 heterocycles. The first-order valence-corrected chi connectivity index (χ1v) is 6.10. The van der Waals surface area contributed by atoms with Crippen molar-refractivity contribution in [3.8, 4) is 0 Å². The molecule has 0 bridgehead atoms. The summed E-state index contributed by atoms with van der Waals surface area (Å²) in [6.45, 7) is 4.85. The summed E-state index contributed by atoms with van der Waals surface area (Å²) in [5.41, 5.74) is 5.60. The lowest BCUT2D eigenvalue weighted by Gasteiger charge is -2.25. The zero-order chi connectivity index (χ0) is 12.8. The second-order valence-electron chi connectivity index (χ2n) is 4.19. The first kappa shape index (κ1) is 14.0. The molecule has 1 aromatic heterocycles. The molecule has 0 aliphatic heterocycles. The zero-order valence-electron chi connectivity index (χ0n) is 10.6. The summed E-state index contributed by atoms with van der Waals surface area (Å²) in [5, 5.41) is 0.548. The van der Waals surface area contributed by atoms with Crippen LogP contribution in [0.15, 0.2) is 6.20 Å². The Morgan fingerprint density at radius 1 is 1.29 bits per heavy atom. The minimum atomic E-state index is 0.260. The van der Waals surface area contributed by atoms with E-state index in [1.807, 2.05) is 14.1 Å². The Balaban J connectivity index is 2.84. The van der Waals surface area contributed by atoms with Gasteiger partial charge in [0, 0.05) is 19.6 Å². The number of halogens is 1. The molecule has 0 saturated heterocycles. The molecular formula is C11H20ClN5. The summed E-state index contributed by atoms with van der Waals surface area (Å²) in [6, 6.07) is 0. The Morgan fingerprint density at radius 2 is 2.00 bits per heavy atom. The number of aromatic nitrogens is 2. The van der Waals surface area contributed by atoms with E-state index in [1.54, 1.807) is 6.20 Å². The van der Waals surface area contributed by atoms with Gasteiger partial charge in [0.05, 0.1) is 6.20 Å². The SMILES string of the molecule is CCCN(CCN(C)C)c1nc(N)ncc1Cl. The van der Waals surface area contributed by atoms with Gasteiger partial charge in [-0.05, 0) is 20.5 Å². The smallest absolute Gasteiger partial charge is 0.222 e. The number of nitrogens with zero attached hydrogens (tertiary/aromatic N) is 4. The molecule has 0 aromatic carbocycles. The highest BCUT2D eigenvalue weighted by Gasteiger charge is 2.12. The van der Waals surface area contributed by atoms with E-state index in [4.69, 9.17) is 17.3 Å². The minimum Gasteiger partial charge on any atom is -0.368 e. The lowest BCUT2D eigenvalue weighted by molar-refractivity contribution is 0.412. The number of nitrogen functional groups attached to an aromatic ring is 1. The van der Waals surface area contributed by atoms with Crippen LogP contribution < -0.4 is 10.6 Å². The maximum Gasteiger partial charge on any atom is 0.222 e. The third kappa shape index (κ3) is 4.36. The number of likely N-dealkylation sites (N-methyl/N-ethyl adjacent to an activating group) is 1. The van der Waals surface area contributed by atoms with Crippen LogP contribution in [0.25, 0.3) is 0 Å². The van der Waals surface area contributed by atoms with Crippen LogP contribution in [0, 0.1) is 0 Å². The predicted molar refractivity (Wildman–Crippen MR) is 72.5 cm³/mol. The number of anilines is 2. The number of nitrogens with two attached hydrogens (primary N) is 1. The van der Waals surface area contributed by atoms with Gasteiger partial charge < -0.3 is 15.5 Å². The van der Waals surface area contributed by atoms with Crippen LogP contribution in [0.1, 0.15) is 13.3 Å². The molecule has 6 heteroatoms. The van der Waals surface area contributed by atoms with Gasteiger partial charge in [-0.3, -0.25) is 0 Å². The van der Waals surface area contributed by atoms with E-state index < -0.39 is 0 Å². The van der Waals surface area contributed by atoms with Crippen LogP contribution in [0.2, 0.25) is 5.02 Å². The van der Waals surface area contributed by atoms with E-state index in [2.05, 4.69) is 26.7 Å². The topological polar surface area (TPSA) is 58.3 Å². The molecule has 0 amide bonds. The summed E-state index contributed by atoms with van der Waals surface area (Å²) in [5.74, 6) is 0.984. The van der Waals surface area contributed by atoms with Crippen molar-refractivity contribution < 1.29 is 0 Å². The van der Waals surface area contributed by atoms with Crippen molar-refractivity contribution in [1.82, 2.24) is 14.9 Å². The molecule has 0 fully saturated rings. The quantitative estimate of drug-likeness (QED) is 0.837. The molecule has 0 saturated carbocycles. The van der Waals surface area contributed by atoms with Gasteiger partial charge in [0.1, 0.15) is 5.02 Å². The van der Waals surface area contributed by atoms with Gasteiger partial charge in [-0.1, -0.05) is 18.5 Å². The molecule has 5 nitrogen and oxygen atoms in total. The largest absolute Gasteiger partial charge is 0.368 e.